The number of ether oxygens (including phenoxy) is 1. The highest BCUT2D eigenvalue weighted by Crippen LogP contribution is 2.47. The average Bonchev–Trinajstić information content (AvgIpc) is 2.83. The van der Waals surface area contributed by atoms with E-state index in [-0.39, 0.29) is 5.54 Å². The maximum absolute atomic E-state index is 6.81. The summed E-state index contributed by atoms with van der Waals surface area (Å²) in [5.74, 6) is 2.30. The van der Waals surface area contributed by atoms with Gasteiger partial charge in [0, 0.05) is 17.5 Å². The molecule has 0 spiro atoms. The van der Waals surface area contributed by atoms with Crippen LogP contribution in [0.5, 0.6) is 5.75 Å². The largest absolute Gasteiger partial charge is 0.493 e. The quantitative estimate of drug-likeness (QED) is 0.824. The van der Waals surface area contributed by atoms with Crippen molar-refractivity contribution in [2.75, 3.05) is 6.61 Å². The average molecular weight is 245 g/mol. The zero-order valence-electron chi connectivity index (χ0n) is 11.4. The van der Waals surface area contributed by atoms with Crippen molar-refractivity contribution in [2.24, 2.45) is 17.6 Å². The first-order valence-electron chi connectivity index (χ1n) is 7.17. The molecule has 0 aromatic heterocycles. The normalized spacial score (nSPS) is 35.1. The van der Waals surface area contributed by atoms with Crippen LogP contribution in [0.1, 0.15) is 44.2 Å². The Kier molecular flexibility index (Phi) is 2.86. The molecule has 18 heavy (non-hydrogen) atoms. The number of nitrogens with two attached hydrogens (primary N) is 1. The summed E-state index contributed by atoms with van der Waals surface area (Å²) in [6.07, 6.45) is 4.64. The van der Waals surface area contributed by atoms with Crippen LogP contribution in [0.4, 0.5) is 0 Å². The van der Waals surface area contributed by atoms with Crippen LogP contribution in [0.25, 0.3) is 0 Å². The Morgan fingerprint density at radius 2 is 2.17 bits per heavy atom. The van der Waals surface area contributed by atoms with Crippen LogP contribution >= 0.6 is 0 Å². The minimum atomic E-state index is -0.201. The van der Waals surface area contributed by atoms with Crippen LogP contribution in [0.2, 0.25) is 0 Å². The van der Waals surface area contributed by atoms with E-state index in [0.717, 1.165) is 25.2 Å². The number of rotatable bonds is 1. The molecular formula is C16H23NO. The monoisotopic (exact) mass is 245 g/mol. The molecule has 3 unspecified atom stereocenters. The Balaban J connectivity index is 2.06. The van der Waals surface area contributed by atoms with Crippen LogP contribution in [0, 0.1) is 11.8 Å². The summed E-state index contributed by atoms with van der Waals surface area (Å²) in [4.78, 5) is 0. The topological polar surface area (TPSA) is 35.2 Å². The fraction of sp³-hybridized carbons (Fsp3) is 0.625. The third-order valence-electron chi connectivity index (χ3n) is 5.13. The first kappa shape index (κ1) is 12.0. The Morgan fingerprint density at radius 1 is 1.33 bits per heavy atom. The molecule has 1 fully saturated rings. The summed E-state index contributed by atoms with van der Waals surface area (Å²) in [5.41, 5.74) is 9.19. The van der Waals surface area contributed by atoms with Crippen molar-refractivity contribution >= 4 is 0 Å². The Bertz CT molecular complexity index is 456. The van der Waals surface area contributed by atoms with E-state index < -0.39 is 0 Å². The van der Waals surface area contributed by atoms with Gasteiger partial charge in [-0.15, -0.1) is 0 Å². The van der Waals surface area contributed by atoms with Crippen molar-refractivity contribution in [1.82, 2.24) is 0 Å². The molecule has 1 aromatic rings. The predicted octanol–water partition coefficient (Wildman–Crippen LogP) is 3.23. The molecule has 3 atom stereocenters. The molecular weight excluding hydrogens is 222 g/mol. The molecule has 0 bridgehead atoms. The molecule has 98 valence electrons. The number of para-hydroxylation sites is 1. The van der Waals surface area contributed by atoms with Gasteiger partial charge in [0.25, 0.3) is 0 Å². The summed E-state index contributed by atoms with van der Waals surface area (Å²) in [6, 6.07) is 6.49. The van der Waals surface area contributed by atoms with Crippen LogP contribution in [0.3, 0.4) is 0 Å². The molecule has 2 aliphatic rings. The summed E-state index contributed by atoms with van der Waals surface area (Å²) in [5, 5.41) is 0. The van der Waals surface area contributed by atoms with E-state index in [4.69, 9.17) is 10.5 Å². The molecule has 1 aliphatic heterocycles. The third-order valence-corrected chi connectivity index (χ3v) is 5.13. The first-order valence-corrected chi connectivity index (χ1v) is 7.17. The second kappa shape index (κ2) is 4.27. The van der Waals surface area contributed by atoms with Gasteiger partial charge in [0.2, 0.25) is 0 Å². The van der Waals surface area contributed by atoms with E-state index in [1.807, 2.05) is 0 Å². The molecule has 2 nitrogen and oxygen atoms in total. The molecule has 0 amide bonds. The van der Waals surface area contributed by atoms with Gasteiger partial charge in [-0.2, -0.15) is 0 Å². The van der Waals surface area contributed by atoms with E-state index in [2.05, 4.69) is 32.0 Å². The first-order chi connectivity index (χ1) is 8.63. The van der Waals surface area contributed by atoms with Gasteiger partial charge in [0.1, 0.15) is 5.75 Å². The highest BCUT2D eigenvalue weighted by atomic mass is 16.5. The van der Waals surface area contributed by atoms with Crippen molar-refractivity contribution in [3.05, 3.63) is 29.3 Å². The zero-order chi connectivity index (χ0) is 12.8. The molecule has 1 aliphatic carbocycles. The maximum Gasteiger partial charge on any atom is 0.127 e. The standard InChI is InChI=1S/C16H23NO/c1-11-5-4-9-16(17,12(11)2)14-7-3-6-13-8-10-18-15(13)14/h3,6-7,11-12H,4-5,8-10,17H2,1-2H3. The molecule has 3 rings (SSSR count). The lowest BCUT2D eigenvalue weighted by molar-refractivity contribution is 0.140. The minimum Gasteiger partial charge on any atom is -0.493 e. The van der Waals surface area contributed by atoms with E-state index in [9.17, 15) is 0 Å². The van der Waals surface area contributed by atoms with E-state index in [0.29, 0.717) is 11.8 Å². The van der Waals surface area contributed by atoms with Crippen LogP contribution in [0.15, 0.2) is 18.2 Å². The van der Waals surface area contributed by atoms with Crippen molar-refractivity contribution in [3.8, 4) is 5.75 Å². The lowest BCUT2D eigenvalue weighted by Crippen LogP contribution is -2.48. The Hall–Kier alpha value is -1.02. The van der Waals surface area contributed by atoms with Gasteiger partial charge in [-0.05, 0) is 23.8 Å². The minimum absolute atomic E-state index is 0.201. The lowest BCUT2D eigenvalue weighted by atomic mass is 9.65. The van der Waals surface area contributed by atoms with Gasteiger partial charge in [-0.25, -0.2) is 0 Å². The van der Waals surface area contributed by atoms with Crippen molar-refractivity contribution in [3.63, 3.8) is 0 Å². The van der Waals surface area contributed by atoms with Crippen molar-refractivity contribution in [1.29, 1.82) is 0 Å². The highest BCUT2D eigenvalue weighted by molar-refractivity contribution is 5.48. The maximum atomic E-state index is 6.81. The second-order valence-corrected chi connectivity index (χ2v) is 6.09. The number of benzene rings is 1. The Morgan fingerprint density at radius 3 is 3.00 bits per heavy atom. The van der Waals surface area contributed by atoms with Gasteiger partial charge in [0.05, 0.1) is 6.61 Å². The van der Waals surface area contributed by atoms with Crippen LogP contribution in [-0.4, -0.2) is 6.61 Å². The molecule has 0 saturated heterocycles. The van der Waals surface area contributed by atoms with Crippen LogP contribution in [-0.2, 0) is 12.0 Å². The van der Waals surface area contributed by atoms with Gasteiger partial charge in [-0.3, -0.25) is 0 Å². The number of hydrogen-bond acceptors (Lipinski definition) is 2. The summed E-state index contributed by atoms with van der Waals surface area (Å²) in [6.45, 7) is 5.44. The molecule has 1 aromatic carbocycles. The highest BCUT2D eigenvalue weighted by Gasteiger charge is 2.42. The van der Waals surface area contributed by atoms with Crippen molar-refractivity contribution < 1.29 is 4.74 Å². The van der Waals surface area contributed by atoms with Gasteiger partial charge in [0.15, 0.2) is 0 Å². The third kappa shape index (κ3) is 1.66. The van der Waals surface area contributed by atoms with Gasteiger partial charge in [-0.1, -0.05) is 44.9 Å². The summed E-state index contributed by atoms with van der Waals surface area (Å²) < 4.78 is 5.85. The van der Waals surface area contributed by atoms with E-state index >= 15 is 0 Å². The van der Waals surface area contributed by atoms with Crippen LogP contribution < -0.4 is 10.5 Å². The van der Waals surface area contributed by atoms with Gasteiger partial charge < -0.3 is 10.5 Å². The second-order valence-electron chi connectivity index (χ2n) is 6.09. The fourth-order valence-corrected chi connectivity index (χ4v) is 3.66. The molecule has 1 heterocycles. The Labute approximate surface area is 110 Å². The van der Waals surface area contributed by atoms with E-state index in [1.54, 1.807) is 0 Å². The zero-order valence-corrected chi connectivity index (χ0v) is 11.4. The molecule has 2 heteroatoms. The molecule has 2 N–H and O–H groups in total. The predicted molar refractivity (Wildman–Crippen MR) is 73.7 cm³/mol. The molecule has 0 radical (unpaired) electrons. The van der Waals surface area contributed by atoms with Crippen molar-refractivity contribution in [2.45, 2.75) is 45.1 Å². The smallest absolute Gasteiger partial charge is 0.127 e. The fourth-order valence-electron chi connectivity index (χ4n) is 3.66. The molecule has 1 saturated carbocycles. The van der Waals surface area contributed by atoms with E-state index in [1.165, 1.54) is 24.0 Å². The lowest BCUT2D eigenvalue weighted by Gasteiger charge is -2.44. The number of hydrogen-bond donors (Lipinski definition) is 1. The summed E-state index contributed by atoms with van der Waals surface area (Å²) in [7, 11) is 0. The van der Waals surface area contributed by atoms with Gasteiger partial charge >= 0.3 is 0 Å². The summed E-state index contributed by atoms with van der Waals surface area (Å²) >= 11 is 0. The SMILES string of the molecule is CC1CCCC(N)(c2cccc3c2OCC3)C1C. The number of fused-ring (bicyclic) bond motifs is 1.